The van der Waals surface area contributed by atoms with Crippen molar-refractivity contribution in [3.05, 3.63) is 0 Å². The molecule has 5 nitrogen and oxygen atoms in total. The maximum Gasteiger partial charge on any atom is 0.242 e. The standard InChI is InChI=1S/C11H23N3O2/c1-5-12-7-6-10(15)14-9(4)11(16)13-8(2)3/h8-9,12H,5-7H2,1-4H3,(H,13,16)(H,14,15). The first-order valence-corrected chi connectivity index (χ1v) is 5.77. The van der Waals surface area contributed by atoms with Gasteiger partial charge in [0.1, 0.15) is 6.04 Å². The second-order valence-electron chi connectivity index (χ2n) is 4.06. The number of amides is 2. The number of nitrogens with one attached hydrogen (secondary N) is 3. The summed E-state index contributed by atoms with van der Waals surface area (Å²) in [6.45, 7) is 8.92. The Morgan fingerprint density at radius 1 is 1.12 bits per heavy atom. The molecule has 0 aromatic carbocycles. The van der Waals surface area contributed by atoms with Crippen molar-refractivity contribution >= 4 is 11.8 Å². The van der Waals surface area contributed by atoms with E-state index in [2.05, 4.69) is 16.0 Å². The topological polar surface area (TPSA) is 70.2 Å². The molecule has 2 amide bonds. The molecular formula is C11H23N3O2. The predicted molar refractivity (Wildman–Crippen MR) is 64.0 cm³/mol. The summed E-state index contributed by atoms with van der Waals surface area (Å²) in [6.07, 6.45) is 0.396. The molecule has 3 N–H and O–H groups in total. The van der Waals surface area contributed by atoms with Crippen LogP contribution in [0.25, 0.3) is 0 Å². The van der Waals surface area contributed by atoms with Gasteiger partial charge in [-0.05, 0) is 27.3 Å². The molecule has 0 heterocycles. The smallest absolute Gasteiger partial charge is 0.242 e. The van der Waals surface area contributed by atoms with Crippen molar-refractivity contribution in [1.29, 1.82) is 0 Å². The van der Waals surface area contributed by atoms with Crippen molar-refractivity contribution in [3.63, 3.8) is 0 Å². The van der Waals surface area contributed by atoms with Crippen LogP contribution in [-0.4, -0.2) is 37.0 Å². The highest BCUT2D eigenvalue weighted by atomic mass is 16.2. The minimum Gasteiger partial charge on any atom is -0.352 e. The number of rotatable bonds is 7. The van der Waals surface area contributed by atoms with Crippen LogP contribution < -0.4 is 16.0 Å². The summed E-state index contributed by atoms with van der Waals surface area (Å²) < 4.78 is 0. The first kappa shape index (κ1) is 14.9. The summed E-state index contributed by atoms with van der Waals surface area (Å²) in [5.74, 6) is -0.251. The number of carbonyl (C=O) groups is 2. The number of hydrogen-bond donors (Lipinski definition) is 3. The van der Waals surface area contributed by atoms with Crippen LogP contribution in [0.4, 0.5) is 0 Å². The molecule has 5 heteroatoms. The summed E-state index contributed by atoms with van der Waals surface area (Å²) in [5.41, 5.74) is 0. The Bertz CT molecular complexity index is 229. The van der Waals surface area contributed by atoms with E-state index >= 15 is 0 Å². The molecule has 1 atom stereocenters. The molecule has 0 aromatic rings. The van der Waals surface area contributed by atoms with E-state index in [1.165, 1.54) is 0 Å². The third-order valence-corrected chi connectivity index (χ3v) is 1.98. The Hall–Kier alpha value is -1.10. The lowest BCUT2D eigenvalue weighted by Gasteiger charge is -2.16. The van der Waals surface area contributed by atoms with Crippen LogP contribution in [0.3, 0.4) is 0 Å². The van der Waals surface area contributed by atoms with Gasteiger partial charge < -0.3 is 16.0 Å². The molecule has 0 radical (unpaired) electrons. The van der Waals surface area contributed by atoms with Crippen molar-refractivity contribution in [2.75, 3.05) is 13.1 Å². The van der Waals surface area contributed by atoms with Gasteiger partial charge in [0.05, 0.1) is 0 Å². The maximum absolute atomic E-state index is 11.5. The molecule has 0 aromatic heterocycles. The predicted octanol–water partition coefficient (Wildman–Crippen LogP) is 0.0153. The zero-order valence-electron chi connectivity index (χ0n) is 10.6. The van der Waals surface area contributed by atoms with Gasteiger partial charge in [0.15, 0.2) is 0 Å². The van der Waals surface area contributed by atoms with E-state index in [9.17, 15) is 9.59 Å². The van der Waals surface area contributed by atoms with Crippen molar-refractivity contribution in [3.8, 4) is 0 Å². The molecule has 0 fully saturated rings. The second-order valence-corrected chi connectivity index (χ2v) is 4.06. The lowest BCUT2D eigenvalue weighted by atomic mass is 10.2. The van der Waals surface area contributed by atoms with Crippen LogP contribution in [0.2, 0.25) is 0 Å². The van der Waals surface area contributed by atoms with E-state index in [1.807, 2.05) is 20.8 Å². The summed E-state index contributed by atoms with van der Waals surface area (Å²) >= 11 is 0. The highest BCUT2D eigenvalue weighted by Crippen LogP contribution is 1.87. The van der Waals surface area contributed by atoms with Crippen molar-refractivity contribution in [2.45, 2.75) is 46.2 Å². The van der Waals surface area contributed by atoms with Gasteiger partial charge >= 0.3 is 0 Å². The zero-order chi connectivity index (χ0) is 12.6. The zero-order valence-corrected chi connectivity index (χ0v) is 10.6. The molecule has 16 heavy (non-hydrogen) atoms. The molecule has 0 aliphatic carbocycles. The van der Waals surface area contributed by atoms with Crippen LogP contribution >= 0.6 is 0 Å². The highest BCUT2D eigenvalue weighted by molar-refractivity contribution is 5.87. The average Bonchev–Trinajstić information content (AvgIpc) is 2.16. The monoisotopic (exact) mass is 229 g/mol. The Kier molecular flexibility index (Phi) is 7.54. The number of carbonyl (C=O) groups excluding carboxylic acids is 2. The van der Waals surface area contributed by atoms with E-state index in [0.29, 0.717) is 13.0 Å². The summed E-state index contributed by atoms with van der Waals surface area (Å²) in [4.78, 5) is 22.9. The van der Waals surface area contributed by atoms with E-state index in [1.54, 1.807) is 6.92 Å². The maximum atomic E-state index is 11.5. The molecule has 1 unspecified atom stereocenters. The second kappa shape index (κ2) is 8.10. The highest BCUT2D eigenvalue weighted by Gasteiger charge is 2.15. The Morgan fingerprint density at radius 3 is 2.25 bits per heavy atom. The average molecular weight is 229 g/mol. The van der Waals surface area contributed by atoms with Crippen LogP contribution in [0, 0.1) is 0 Å². The van der Waals surface area contributed by atoms with Gasteiger partial charge in [0, 0.05) is 19.0 Å². The Labute approximate surface area is 97.4 Å². The molecule has 0 saturated carbocycles. The number of hydrogen-bond acceptors (Lipinski definition) is 3. The van der Waals surface area contributed by atoms with Crippen LogP contribution in [0.15, 0.2) is 0 Å². The fourth-order valence-electron chi connectivity index (χ4n) is 1.17. The van der Waals surface area contributed by atoms with E-state index in [-0.39, 0.29) is 17.9 Å². The first-order chi connectivity index (χ1) is 7.47. The molecule has 0 bridgehead atoms. The lowest BCUT2D eigenvalue weighted by molar-refractivity contribution is -0.128. The van der Waals surface area contributed by atoms with Crippen molar-refractivity contribution in [2.24, 2.45) is 0 Å². The first-order valence-electron chi connectivity index (χ1n) is 5.77. The van der Waals surface area contributed by atoms with Gasteiger partial charge in [-0.3, -0.25) is 9.59 Å². The summed E-state index contributed by atoms with van der Waals surface area (Å²) in [7, 11) is 0. The molecule has 0 aliphatic rings. The Morgan fingerprint density at radius 2 is 1.75 bits per heavy atom. The molecule has 94 valence electrons. The van der Waals surface area contributed by atoms with Crippen molar-refractivity contribution < 1.29 is 9.59 Å². The Balaban J connectivity index is 3.80. The molecule has 0 saturated heterocycles. The minimum absolute atomic E-state index is 0.0913. The summed E-state index contributed by atoms with van der Waals surface area (Å²) in [5, 5.41) is 8.45. The minimum atomic E-state index is -0.475. The SMILES string of the molecule is CCNCCC(=O)NC(C)C(=O)NC(C)C. The van der Waals surface area contributed by atoms with Gasteiger partial charge in [-0.25, -0.2) is 0 Å². The normalized spacial score (nSPS) is 12.3. The van der Waals surface area contributed by atoms with Gasteiger partial charge in [-0.2, -0.15) is 0 Å². The largest absolute Gasteiger partial charge is 0.352 e. The molecular weight excluding hydrogens is 206 g/mol. The molecule has 0 rings (SSSR count). The van der Waals surface area contributed by atoms with Crippen molar-refractivity contribution in [1.82, 2.24) is 16.0 Å². The van der Waals surface area contributed by atoms with Gasteiger partial charge in [0.2, 0.25) is 11.8 Å². The third kappa shape index (κ3) is 7.23. The van der Waals surface area contributed by atoms with Crippen LogP contribution in [0.5, 0.6) is 0 Å². The van der Waals surface area contributed by atoms with E-state index in [0.717, 1.165) is 6.54 Å². The van der Waals surface area contributed by atoms with E-state index in [4.69, 9.17) is 0 Å². The molecule has 0 aliphatic heterocycles. The lowest BCUT2D eigenvalue weighted by Crippen LogP contribution is -2.47. The van der Waals surface area contributed by atoms with E-state index < -0.39 is 6.04 Å². The fraction of sp³-hybridized carbons (Fsp3) is 0.818. The van der Waals surface area contributed by atoms with Gasteiger partial charge in [0.25, 0.3) is 0 Å². The molecule has 0 spiro atoms. The van der Waals surface area contributed by atoms with Crippen LogP contribution in [-0.2, 0) is 9.59 Å². The van der Waals surface area contributed by atoms with Crippen LogP contribution in [0.1, 0.15) is 34.1 Å². The summed E-state index contributed by atoms with van der Waals surface area (Å²) in [6, 6.07) is -0.384. The van der Waals surface area contributed by atoms with Gasteiger partial charge in [-0.15, -0.1) is 0 Å². The quantitative estimate of drug-likeness (QED) is 0.539. The third-order valence-electron chi connectivity index (χ3n) is 1.98. The van der Waals surface area contributed by atoms with Gasteiger partial charge in [-0.1, -0.05) is 6.92 Å². The fourth-order valence-corrected chi connectivity index (χ4v) is 1.17.